The van der Waals surface area contributed by atoms with Gasteiger partial charge in [-0.2, -0.15) is 0 Å². The molecular formula is C22H30ClN3O. The third-order valence-corrected chi connectivity index (χ3v) is 4.25. The molecule has 0 unspecified atom stereocenters. The van der Waals surface area contributed by atoms with E-state index in [1.807, 2.05) is 40.7 Å². The summed E-state index contributed by atoms with van der Waals surface area (Å²) in [4.78, 5) is 21.3. The van der Waals surface area contributed by atoms with E-state index < -0.39 is 0 Å². The quantitative estimate of drug-likeness (QED) is 0.520. The highest BCUT2D eigenvalue weighted by atomic mass is 35.5. The van der Waals surface area contributed by atoms with E-state index in [9.17, 15) is 4.79 Å². The molecule has 4 nitrogen and oxygen atoms in total. The molecule has 0 bridgehead atoms. The topological polar surface area (TPSA) is 47.8 Å². The van der Waals surface area contributed by atoms with Gasteiger partial charge in [0.2, 0.25) is 0 Å². The Kier molecular flexibility index (Phi) is 9.16. The molecule has 0 saturated carbocycles. The molecule has 0 atom stereocenters. The van der Waals surface area contributed by atoms with Crippen LogP contribution in [0.2, 0.25) is 5.15 Å². The summed E-state index contributed by atoms with van der Waals surface area (Å²) < 4.78 is 1.61. The van der Waals surface area contributed by atoms with Crippen LogP contribution in [-0.2, 0) is 13.5 Å². The number of hydrogen-bond acceptors (Lipinski definition) is 3. The van der Waals surface area contributed by atoms with Crippen LogP contribution in [0.15, 0.2) is 35.4 Å². The van der Waals surface area contributed by atoms with Crippen LogP contribution in [0.3, 0.4) is 0 Å². The van der Waals surface area contributed by atoms with Crippen molar-refractivity contribution in [1.29, 1.82) is 0 Å². The Morgan fingerprint density at radius 2 is 1.67 bits per heavy atom. The minimum Gasteiger partial charge on any atom is -0.311 e. The summed E-state index contributed by atoms with van der Waals surface area (Å²) in [5, 5.41) is 1.26. The summed E-state index contributed by atoms with van der Waals surface area (Å²) in [6.45, 7) is 12.1. The standard InChI is InChI=1S/C18H18ClN3O.2C2H6/c1-4-5-13-6-11(2)15(10-20-13)14-7-12-9-21-17(19)8-16(12)22(3)18(14)23;2*1-2/h6-10H,4-5H2,1-3H3;2*1-2H3. The van der Waals surface area contributed by atoms with Gasteiger partial charge >= 0.3 is 0 Å². The number of aromatic nitrogens is 3. The van der Waals surface area contributed by atoms with Gasteiger partial charge in [0, 0.05) is 41.6 Å². The summed E-state index contributed by atoms with van der Waals surface area (Å²) in [7, 11) is 1.75. The van der Waals surface area contributed by atoms with Gasteiger partial charge in [0.1, 0.15) is 5.15 Å². The number of aryl methyl sites for hydroxylation is 3. The molecule has 0 saturated heterocycles. The van der Waals surface area contributed by atoms with Crippen LogP contribution < -0.4 is 5.56 Å². The van der Waals surface area contributed by atoms with Gasteiger partial charge in [0.15, 0.2) is 0 Å². The molecule has 0 spiro atoms. The van der Waals surface area contributed by atoms with Crippen molar-refractivity contribution in [2.24, 2.45) is 7.05 Å². The van der Waals surface area contributed by atoms with Crippen LogP contribution >= 0.6 is 11.6 Å². The lowest BCUT2D eigenvalue weighted by Crippen LogP contribution is -2.19. The van der Waals surface area contributed by atoms with E-state index in [1.54, 1.807) is 30.1 Å². The molecule has 0 aliphatic carbocycles. The first-order chi connectivity index (χ1) is 13.0. The van der Waals surface area contributed by atoms with E-state index in [0.717, 1.165) is 40.6 Å². The fraction of sp³-hybridized carbons (Fsp3) is 0.409. The Morgan fingerprint density at radius 3 is 2.26 bits per heavy atom. The van der Waals surface area contributed by atoms with Crippen molar-refractivity contribution in [3.05, 3.63) is 57.4 Å². The van der Waals surface area contributed by atoms with Gasteiger partial charge in [-0.3, -0.25) is 9.78 Å². The zero-order chi connectivity index (χ0) is 20.6. The van der Waals surface area contributed by atoms with Crippen LogP contribution in [0.25, 0.3) is 22.0 Å². The fourth-order valence-electron chi connectivity index (χ4n) is 2.82. The average molecular weight is 388 g/mol. The molecule has 0 fully saturated rings. The summed E-state index contributed by atoms with van der Waals surface area (Å²) >= 11 is 5.94. The molecule has 0 N–H and O–H groups in total. The zero-order valence-corrected chi connectivity index (χ0v) is 18.2. The molecule has 0 aliphatic heterocycles. The Hall–Kier alpha value is -2.20. The minimum absolute atomic E-state index is 0.0621. The van der Waals surface area contributed by atoms with E-state index in [0.29, 0.717) is 10.7 Å². The lowest BCUT2D eigenvalue weighted by molar-refractivity contribution is 0.879. The number of nitrogens with zero attached hydrogens (tertiary/aromatic N) is 3. The van der Waals surface area contributed by atoms with E-state index in [4.69, 9.17) is 11.6 Å². The highest BCUT2D eigenvalue weighted by molar-refractivity contribution is 6.30. The largest absolute Gasteiger partial charge is 0.311 e. The maximum Gasteiger partial charge on any atom is 0.258 e. The smallest absolute Gasteiger partial charge is 0.258 e. The van der Waals surface area contributed by atoms with Crippen LogP contribution in [0.4, 0.5) is 0 Å². The van der Waals surface area contributed by atoms with E-state index >= 15 is 0 Å². The molecule has 3 aromatic heterocycles. The van der Waals surface area contributed by atoms with Gasteiger partial charge in [-0.15, -0.1) is 0 Å². The Labute approximate surface area is 167 Å². The first kappa shape index (κ1) is 22.8. The maximum absolute atomic E-state index is 12.7. The Bertz CT molecular complexity index is 948. The lowest BCUT2D eigenvalue weighted by atomic mass is 10.0. The van der Waals surface area contributed by atoms with E-state index in [2.05, 4.69) is 23.0 Å². The molecular weight excluding hydrogens is 358 g/mol. The Balaban J connectivity index is 0.000000855. The predicted octanol–water partition coefficient (Wildman–Crippen LogP) is 5.96. The molecule has 146 valence electrons. The highest BCUT2D eigenvalue weighted by Gasteiger charge is 2.12. The summed E-state index contributed by atoms with van der Waals surface area (Å²) in [6.07, 6.45) is 5.48. The molecule has 5 heteroatoms. The second kappa shape index (κ2) is 10.8. The van der Waals surface area contributed by atoms with Crippen molar-refractivity contribution in [2.45, 2.75) is 54.4 Å². The van der Waals surface area contributed by atoms with Gasteiger partial charge < -0.3 is 4.57 Å². The van der Waals surface area contributed by atoms with Gasteiger partial charge in [-0.25, -0.2) is 4.98 Å². The highest BCUT2D eigenvalue weighted by Crippen LogP contribution is 2.24. The molecule has 3 aromatic rings. The third kappa shape index (κ3) is 5.16. The van der Waals surface area contributed by atoms with Crippen molar-refractivity contribution in [3.8, 4) is 11.1 Å². The Morgan fingerprint density at radius 1 is 1.00 bits per heavy atom. The molecule has 0 aromatic carbocycles. The number of rotatable bonds is 3. The summed E-state index contributed by atoms with van der Waals surface area (Å²) in [6, 6.07) is 5.63. The van der Waals surface area contributed by atoms with Crippen molar-refractivity contribution in [1.82, 2.24) is 14.5 Å². The second-order valence-corrected chi connectivity index (χ2v) is 6.12. The normalized spacial score (nSPS) is 9.93. The van der Waals surface area contributed by atoms with Crippen LogP contribution in [-0.4, -0.2) is 14.5 Å². The van der Waals surface area contributed by atoms with Gasteiger partial charge in [-0.05, 0) is 37.1 Å². The van der Waals surface area contributed by atoms with E-state index in [1.165, 1.54) is 0 Å². The molecule has 27 heavy (non-hydrogen) atoms. The van der Waals surface area contributed by atoms with Crippen molar-refractivity contribution < 1.29 is 0 Å². The maximum atomic E-state index is 12.7. The number of pyridine rings is 3. The predicted molar refractivity (Wildman–Crippen MR) is 117 cm³/mol. The molecule has 0 amide bonds. The monoisotopic (exact) mass is 387 g/mol. The number of fused-ring (bicyclic) bond motifs is 1. The number of hydrogen-bond donors (Lipinski definition) is 0. The molecule has 0 aliphatic rings. The van der Waals surface area contributed by atoms with Crippen molar-refractivity contribution in [3.63, 3.8) is 0 Å². The zero-order valence-electron chi connectivity index (χ0n) is 17.4. The van der Waals surface area contributed by atoms with E-state index in [-0.39, 0.29) is 5.56 Å². The molecule has 3 rings (SSSR count). The average Bonchev–Trinajstić information content (AvgIpc) is 2.69. The molecule has 3 heterocycles. The SMILES string of the molecule is CC.CC.CCCc1cc(C)c(-c2cc3cnc(Cl)cc3n(C)c2=O)cn1. The van der Waals surface area contributed by atoms with Gasteiger partial charge in [0.05, 0.1) is 5.52 Å². The lowest BCUT2D eigenvalue weighted by Gasteiger charge is -2.11. The van der Waals surface area contributed by atoms with Crippen molar-refractivity contribution in [2.75, 3.05) is 0 Å². The second-order valence-electron chi connectivity index (χ2n) is 5.73. The third-order valence-electron chi connectivity index (χ3n) is 4.04. The molecule has 0 radical (unpaired) electrons. The van der Waals surface area contributed by atoms with Crippen LogP contribution in [0.1, 0.15) is 52.3 Å². The number of halogens is 1. The van der Waals surface area contributed by atoms with Crippen LogP contribution in [0.5, 0.6) is 0 Å². The van der Waals surface area contributed by atoms with Gasteiger partial charge in [0.25, 0.3) is 5.56 Å². The summed E-state index contributed by atoms with van der Waals surface area (Å²) in [5.41, 5.74) is 4.32. The van der Waals surface area contributed by atoms with Crippen molar-refractivity contribution >= 4 is 22.5 Å². The van der Waals surface area contributed by atoms with Crippen LogP contribution in [0, 0.1) is 6.92 Å². The summed E-state index contributed by atoms with van der Waals surface area (Å²) in [5.74, 6) is 0. The van der Waals surface area contributed by atoms with Gasteiger partial charge in [-0.1, -0.05) is 52.6 Å². The minimum atomic E-state index is -0.0621. The first-order valence-electron chi connectivity index (χ1n) is 9.62. The first-order valence-corrected chi connectivity index (χ1v) is 10.00. The fourth-order valence-corrected chi connectivity index (χ4v) is 2.97.